The van der Waals surface area contributed by atoms with E-state index in [-0.39, 0.29) is 49.8 Å². The Kier molecular flexibility index (Phi) is 32.5. The fourth-order valence-corrected chi connectivity index (χ4v) is 12.5. The quantitative estimate of drug-likeness (QED) is 0.0161. The molecule has 0 bridgehead atoms. The number of hydrogen-bond acceptors (Lipinski definition) is 19. The molecular formula is C58H101N15O17Si2. The Bertz CT molecular complexity index is 2740. The molecule has 0 aliphatic carbocycles. The average molecular weight is 1340 g/mol. The maximum Gasteiger partial charge on any atom is 0.331 e. The lowest BCUT2D eigenvalue weighted by atomic mass is 9.95. The Morgan fingerprint density at radius 2 is 1.21 bits per heavy atom. The summed E-state index contributed by atoms with van der Waals surface area (Å²) in [6.45, 7) is 20.0. The number of nitrogens with one attached hydrogen (secondary N) is 12. The van der Waals surface area contributed by atoms with E-state index in [1.165, 1.54) is 44.2 Å². The number of primary amides is 1. The predicted octanol–water partition coefficient (Wildman–Crippen LogP) is -4.64. The van der Waals surface area contributed by atoms with Crippen LogP contribution in [0.1, 0.15) is 85.8 Å². The number of benzene rings is 1. The highest BCUT2D eigenvalue weighted by Gasteiger charge is 2.44. The number of ether oxygens (including phenoxy) is 1. The molecule has 1 heterocycles. The molecule has 11 amide bonds. The predicted molar refractivity (Wildman–Crippen MR) is 343 cm³/mol. The molecule has 92 heavy (non-hydrogen) atoms. The fourth-order valence-electron chi connectivity index (χ4n) is 9.53. The number of rotatable bonds is 23. The number of aliphatic hydroxyl groups is 4. The van der Waals surface area contributed by atoms with Crippen molar-refractivity contribution in [1.29, 1.82) is 5.41 Å². The van der Waals surface area contributed by atoms with Gasteiger partial charge in [-0.15, -0.1) is 0 Å². The van der Waals surface area contributed by atoms with Crippen molar-refractivity contribution in [2.75, 3.05) is 19.7 Å². The maximum atomic E-state index is 15.5. The van der Waals surface area contributed by atoms with Crippen molar-refractivity contribution in [3.63, 3.8) is 0 Å². The molecule has 1 aromatic rings. The molecule has 1 aromatic carbocycles. The second kappa shape index (κ2) is 37.2. The van der Waals surface area contributed by atoms with Crippen LogP contribution in [0.15, 0.2) is 30.3 Å². The summed E-state index contributed by atoms with van der Waals surface area (Å²) < 4.78 is 5.96. The van der Waals surface area contributed by atoms with E-state index in [4.69, 9.17) is 27.3 Å². The van der Waals surface area contributed by atoms with E-state index in [2.05, 4.69) is 47.9 Å². The summed E-state index contributed by atoms with van der Waals surface area (Å²) in [5, 5.41) is 78.6. The molecule has 1 aliphatic rings. The number of cyclic esters (lactones) is 1. The van der Waals surface area contributed by atoms with E-state index >= 15 is 9.59 Å². The molecule has 0 spiro atoms. The largest absolute Gasteiger partial charge is 0.453 e. The van der Waals surface area contributed by atoms with Crippen LogP contribution in [0.25, 0.3) is 0 Å². The third-order valence-electron chi connectivity index (χ3n) is 14.7. The van der Waals surface area contributed by atoms with E-state index in [0.29, 0.717) is 6.04 Å². The summed E-state index contributed by atoms with van der Waals surface area (Å²) in [7, 11) is -4.39. The Balaban J connectivity index is 3.15. The number of esters is 1. The lowest BCUT2D eigenvalue weighted by Gasteiger charge is -2.34. The van der Waals surface area contributed by atoms with Crippen LogP contribution in [0.2, 0.25) is 51.4 Å². The van der Waals surface area contributed by atoms with Crippen molar-refractivity contribution in [2.45, 2.75) is 210 Å². The van der Waals surface area contributed by atoms with Crippen molar-refractivity contribution < 1.29 is 82.7 Å². The van der Waals surface area contributed by atoms with Gasteiger partial charge in [-0.05, 0) is 61.6 Å². The topological polar surface area (TPSA) is 529 Å². The zero-order valence-electron chi connectivity index (χ0n) is 54.9. The first-order valence-corrected chi connectivity index (χ1v) is 38.1. The molecule has 0 saturated carbocycles. The van der Waals surface area contributed by atoms with E-state index in [9.17, 15) is 68.4 Å². The van der Waals surface area contributed by atoms with E-state index in [1.807, 2.05) is 49.9 Å². The van der Waals surface area contributed by atoms with Crippen LogP contribution in [-0.2, 0) is 62.3 Å². The third kappa shape index (κ3) is 26.9. The number of aliphatic hydroxyl groups excluding tert-OH is 4. The number of nitrogens with two attached hydrogens (primary N) is 3. The first-order valence-electron chi connectivity index (χ1n) is 30.7. The highest BCUT2D eigenvalue weighted by molar-refractivity contribution is 6.77. The van der Waals surface area contributed by atoms with Gasteiger partial charge < -0.3 is 101 Å². The minimum Gasteiger partial charge on any atom is -0.453 e. The second-order valence-corrected chi connectivity index (χ2v) is 37.4. The number of carbonyl (C=O) groups excluding carboxylic acids is 12. The van der Waals surface area contributed by atoms with Gasteiger partial charge >= 0.3 is 5.97 Å². The molecule has 1 saturated heterocycles. The monoisotopic (exact) mass is 1340 g/mol. The highest BCUT2D eigenvalue weighted by atomic mass is 28.3. The average Bonchev–Trinajstić information content (AvgIpc) is 0.845. The molecule has 0 radical (unpaired) electrons. The highest BCUT2D eigenvalue weighted by Crippen LogP contribution is 2.25. The number of guanidine groups is 1. The van der Waals surface area contributed by atoms with Gasteiger partial charge in [0.2, 0.25) is 65.0 Å². The van der Waals surface area contributed by atoms with Crippen LogP contribution in [0.5, 0.6) is 0 Å². The van der Waals surface area contributed by atoms with Crippen LogP contribution < -0.4 is 75.7 Å². The second-order valence-electron chi connectivity index (χ2n) is 26.4. The van der Waals surface area contributed by atoms with Crippen molar-refractivity contribution in [3.05, 3.63) is 35.9 Å². The van der Waals surface area contributed by atoms with E-state index in [1.54, 1.807) is 27.7 Å². The van der Waals surface area contributed by atoms with Crippen LogP contribution in [0, 0.1) is 23.2 Å². The maximum absolute atomic E-state index is 15.5. The zero-order chi connectivity index (χ0) is 70.3. The van der Waals surface area contributed by atoms with E-state index < -0.39 is 203 Å². The Morgan fingerprint density at radius 1 is 0.674 bits per heavy atom. The lowest BCUT2D eigenvalue weighted by Crippen LogP contribution is -2.64. The van der Waals surface area contributed by atoms with Crippen LogP contribution in [0.4, 0.5) is 0 Å². The van der Waals surface area contributed by atoms with Crippen LogP contribution in [0.3, 0.4) is 0 Å². The van der Waals surface area contributed by atoms with Crippen molar-refractivity contribution in [3.8, 4) is 0 Å². The molecular weight excluding hydrogens is 1230 g/mol. The first kappa shape index (κ1) is 80.5. The van der Waals surface area contributed by atoms with E-state index in [0.717, 1.165) is 6.92 Å². The molecule has 32 nitrogen and oxygen atoms in total. The number of amides is 11. The smallest absolute Gasteiger partial charge is 0.331 e. The fraction of sp³-hybridized carbons (Fsp3) is 0.672. The molecule has 1 unspecified atom stereocenters. The van der Waals surface area contributed by atoms with Gasteiger partial charge in [0.25, 0.3) is 0 Å². The SMILES string of the molecule is CC[C@H](C)C1NC(=O)[C@@H](CCCNC(=N)N)NC(=O)[C@H](CC(C)C)NC(=O)[C@H]([C@H](O)C(C)C)NC(=O)[C@@H](NC(=O)[C@H](C[Si](C)(C)C)NC(=O)[C@H](N)C[Si](C)(C)C)[C@@H](c2ccccc2)OC(=O)[C@H](CO)NC(=O)[C@H]([C@H](O)C(N)=O)NC(=O)CNC(=O)[C@H]([C@H](C)O)NC1=O. The van der Waals surface area contributed by atoms with Crippen molar-refractivity contribution in [1.82, 2.24) is 58.5 Å². The van der Waals surface area contributed by atoms with Crippen LogP contribution in [-0.4, -0.2) is 212 Å². The molecule has 1 aliphatic heterocycles. The van der Waals surface area contributed by atoms with Gasteiger partial charge in [0.15, 0.2) is 24.2 Å². The Morgan fingerprint density at radius 3 is 1.73 bits per heavy atom. The Labute approximate surface area is 538 Å². The molecule has 0 aromatic heterocycles. The summed E-state index contributed by atoms with van der Waals surface area (Å²) in [6.07, 6.45) is -8.15. The molecule has 518 valence electrons. The normalized spacial score (nSPS) is 24.7. The van der Waals surface area contributed by atoms with Crippen LogP contribution >= 0.6 is 0 Å². The van der Waals surface area contributed by atoms with Gasteiger partial charge in [-0.3, -0.25) is 58.1 Å². The molecule has 15 atom stereocenters. The number of carbonyl (C=O) groups is 12. The zero-order valence-corrected chi connectivity index (χ0v) is 56.9. The van der Waals surface area contributed by atoms with Gasteiger partial charge in [-0.25, -0.2) is 4.79 Å². The minimum absolute atomic E-state index is 0.0158. The van der Waals surface area contributed by atoms with Gasteiger partial charge in [0.05, 0.1) is 31.4 Å². The summed E-state index contributed by atoms with van der Waals surface area (Å²) >= 11 is 0. The summed E-state index contributed by atoms with van der Waals surface area (Å²) in [6, 6.07) is -10.3. The van der Waals surface area contributed by atoms with Crippen molar-refractivity contribution >= 4 is 93.1 Å². The molecule has 34 heteroatoms. The van der Waals surface area contributed by atoms with Gasteiger partial charge in [-0.2, -0.15) is 0 Å². The summed E-state index contributed by atoms with van der Waals surface area (Å²) in [4.78, 5) is 171. The summed E-state index contributed by atoms with van der Waals surface area (Å²) in [5.74, 6) is -16.8. The Hall–Kier alpha value is -7.64. The molecule has 22 N–H and O–H groups in total. The van der Waals surface area contributed by atoms with Crippen molar-refractivity contribution in [2.24, 2.45) is 35.0 Å². The van der Waals surface area contributed by atoms with Gasteiger partial charge in [0, 0.05) is 22.7 Å². The van der Waals surface area contributed by atoms with Gasteiger partial charge in [-0.1, -0.05) is 118 Å². The molecule has 1 fully saturated rings. The van der Waals surface area contributed by atoms with Gasteiger partial charge in [0.1, 0.15) is 48.3 Å². The number of hydrogen-bond donors (Lipinski definition) is 19. The lowest BCUT2D eigenvalue weighted by molar-refractivity contribution is -0.159. The standard InChI is InChI=1S/C58H101N15O17Si2/c1-14-30(6)39-53(85)71-40(31(7)75)52(84)64-24-38(76)69-42(45(78)47(60)79)55(87)67-36(25-74)57(89)90-46(32-19-16-15-17-20-32)43(73-51(83)37(27-92(11,12)13)68-48(80)33(59)26-91(8,9)10)56(88)72-41(44(77)29(4)5)54(86)66-35(23-28(2)3)50(82)65-34(49(81)70-39)21-18-22-63-58(61)62/h15-17,19-20,28-31,33-37,39-46,74-75,77-78H,14,18,21-27,59H2,1-13H3,(H2,60,79)(H,64,84)(H,65,82)(H,66,86)(H,67,87)(H,68,80)(H,69,76)(H,70,81)(H,71,85)(H,72,88)(H,73,83)(H4,61,62,63)/t30-,31-,33+,34+,35-,36-,37-,39?,40-,41-,42-,43-,44+,45-,46+/m0/s1. The molecule has 2 rings (SSSR count). The minimum atomic E-state index is -2.57. The third-order valence-corrected chi connectivity index (χ3v) is 18.0. The summed E-state index contributed by atoms with van der Waals surface area (Å²) in [5.41, 5.74) is 17.2. The first-order chi connectivity index (χ1) is 42.6.